The Morgan fingerprint density at radius 2 is 1.95 bits per heavy atom. The average molecular weight is 270 g/mol. The van der Waals surface area contributed by atoms with Gasteiger partial charge in [-0.1, -0.05) is 19.8 Å². The minimum Gasteiger partial charge on any atom is -0.396 e. The monoisotopic (exact) mass is 270 g/mol. The highest BCUT2D eigenvalue weighted by Gasteiger charge is 2.35. The Hall–Kier alpha value is -0.120. The van der Waals surface area contributed by atoms with Crippen molar-refractivity contribution in [1.29, 1.82) is 0 Å². The maximum Gasteiger partial charge on any atom is 0.0443 e. The first-order chi connectivity index (χ1) is 9.13. The van der Waals surface area contributed by atoms with Gasteiger partial charge in [0.15, 0.2) is 0 Å². The van der Waals surface area contributed by atoms with Crippen LogP contribution in [0.4, 0.5) is 0 Å². The van der Waals surface area contributed by atoms with Crippen molar-refractivity contribution in [2.75, 3.05) is 32.8 Å². The number of aliphatic hydroxyl groups is 1. The van der Waals surface area contributed by atoms with E-state index in [1.54, 1.807) is 0 Å². The summed E-state index contributed by atoms with van der Waals surface area (Å²) < 4.78 is 0. The van der Waals surface area contributed by atoms with Crippen molar-refractivity contribution in [3.63, 3.8) is 0 Å². The molecule has 3 nitrogen and oxygen atoms in total. The summed E-state index contributed by atoms with van der Waals surface area (Å²) in [6.07, 6.45) is 7.63. The van der Waals surface area contributed by atoms with Crippen molar-refractivity contribution in [2.45, 2.75) is 65.3 Å². The molecule has 0 unspecified atom stereocenters. The average Bonchev–Trinajstić information content (AvgIpc) is 2.83. The molecule has 3 heteroatoms. The van der Waals surface area contributed by atoms with Gasteiger partial charge < -0.3 is 15.3 Å². The van der Waals surface area contributed by atoms with E-state index in [1.807, 2.05) is 0 Å². The van der Waals surface area contributed by atoms with Crippen LogP contribution in [0.15, 0.2) is 0 Å². The van der Waals surface area contributed by atoms with Crippen molar-refractivity contribution in [3.8, 4) is 0 Å². The largest absolute Gasteiger partial charge is 0.396 e. The first-order valence-electron chi connectivity index (χ1n) is 8.19. The van der Waals surface area contributed by atoms with Gasteiger partial charge in [-0.3, -0.25) is 0 Å². The fourth-order valence-electron chi connectivity index (χ4n) is 3.27. The van der Waals surface area contributed by atoms with E-state index in [0.717, 1.165) is 19.5 Å². The summed E-state index contributed by atoms with van der Waals surface area (Å²) >= 11 is 0. The Labute approximate surface area is 119 Å². The lowest BCUT2D eigenvalue weighted by atomic mass is 9.85. The van der Waals surface area contributed by atoms with Gasteiger partial charge >= 0.3 is 0 Å². The number of nitrogens with zero attached hydrogens (tertiary/aromatic N) is 1. The Morgan fingerprint density at radius 3 is 2.47 bits per heavy atom. The predicted molar refractivity (Wildman–Crippen MR) is 82.5 cm³/mol. The molecule has 1 aliphatic carbocycles. The molecule has 0 aromatic heterocycles. The lowest BCUT2D eigenvalue weighted by molar-refractivity contribution is 0.113. The first kappa shape index (κ1) is 16.9. The number of hydrogen-bond donors (Lipinski definition) is 2. The summed E-state index contributed by atoms with van der Waals surface area (Å²) in [6.45, 7) is 11.6. The van der Waals surface area contributed by atoms with E-state index in [9.17, 15) is 0 Å². The van der Waals surface area contributed by atoms with E-state index in [2.05, 4.69) is 31.0 Å². The van der Waals surface area contributed by atoms with Crippen molar-refractivity contribution < 1.29 is 5.11 Å². The van der Waals surface area contributed by atoms with E-state index in [4.69, 9.17) is 5.11 Å². The van der Waals surface area contributed by atoms with Gasteiger partial charge in [-0.05, 0) is 51.5 Å². The van der Waals surface area contributed by atoms with Crippen LogP contribution in [-0.2, 0) is 0 Å². The molecule has 0 heterocycles. The third-order valence-corrected chi connectivity index (χ3v) is 4.46. The molecule has 0 aromatic carbocycles. The standard InChI is InChI=1S/C16H34N2O/c1-4-10-17-13-16(8-5-6-9-16)14-18(15(2)3)11-7-12-19/h15,17,19H,4-14H2,1-3H3. The molecule has 1 aliphatic rings. The summed E-state index contributed by atoms with van der Waals surface area (Å²) in [6, 6.07) is 0.579. The Bertz CT molecular complexity index is 225. The predicted octanol–water partition coefficient (Wildman–Crippen LogP) is 2.64. The van der Waals surface area contributed by atoms with Crippen LogP contribution in [0.2, 0.25) is 0 Å². The van der Waals surface area contributed by atoms with Crippen LogP contribution < -0.4 is 5.32 Å². The molecule has 0 bridgehead atoms. The minimum atomic E-state index is 0.310. The van der Waals surface area contributed by atoms with Crippen molar-refractivity contribution in [2.24, 2.45) is 5.41 Å². The fourth-order valence-corrected chi connectivity index (χ4v) is 3.27. The molecule has 19 heavy (non-hydrogen) atoms. The van der Waals surface area contributed by atoms with Gasteiger partial charge in [-0.2, -0.15) is 0 Å². The van der Waals surface area contributed by atoms with Crippen molar-refractivity contribution in [3.05, 3.63) is 0 Å². The Kier molecular flexibility index (Phi) is 7.96. The minimum absolute atomic E-state index is 0.310. The lowest BCUT2D eigenvalue weighted by Gasteiger charge is -2.38. The molecule has 0 saturated heterocycles. The van der Waals surface area contributed by atoms with E-state index in [0.29, 0.717) is 18.1 Å². The molecule has 0 aromatic rings. The Balaban J connectivity index is 2.53. The van der Waals surface area contributed by atoms with Crippen LogP contribution in [0.25, 0.3) is 0 Å². The summed E-state index contributed by atoms with van der Waals surface area (Å²) in [5.41, 5.74) is 0.481. The maximum absolute atomic E-state index is 9.06. The van der Waals surface area contributed by atoms with E-state index >= 15 is 0 Å². The molecule has 1 rings (SSSR count). The number of aliphatic hydroxyl groups excluding tert-OH is 1. The highest BCUT2D eigenvalue weighted by molar-refractivity contribution is 4.90. The highest BCUT2D eigenvalue weighted by Crippen LogP contribution is 2.38. The molecule has 1 saturated carbocycles. The molecule has 0 amide bonds. The Morgan fingerprint density at radius 1 is 1.26 bits per heavy atom. The molecular formula is C16H34N2O. The lowest BCUT2D eigenvalue weighted by Crippen LogP contribution is -2.45. The molecule has 0 aliphatic heterocycles. The topological polar surface area (TPSA) is 35.5 Å². The summed E-state index contributed by atoms with van der Waals surface area (Å²) in [5.74, 6) is 0. The van der Waals surface area contributed by atoms with Gasteiger partial charge in [0.25, 0.3) is 0 Å². The van der Waals surface area contributed by atoms with Gasteiger partial charge in [0.1, 0.15) is 0 Å². The fraction of sp³-hybridized carbons (Fsp3) is 1.00. The summed E-state index contributed by atoms with van der Waals surface area (Å²) in [4.78, 5) is 2.56. The SMILES string of the molecule is CCCNCC1(CN(CCCO)C(C)C)CCCC1. The zero-order valence-corrected chi connectivity index (χ0v) is 13.2. The second-order valence-electron chi connectivity index (χ2n) is 6.53. The van der Waals surface area contributed by atoms with Crippen LogP contribution in [0, 0.1) is 5.41 Å². The van der Waals surface area contributed by atoms with Crippen LogP contribution in [0.1, 0.15) is 59.3 Å². The number of hydrogen-bond acceptors (Lipinski definition) is 3. The molecule has 114 valence electrons. The van der Waals surface area contributed by atoms with E-state index in [1.165, 1.54) is 45.2 Å². The van der Waals surface area contributed by atoms with Crippen LogP contribution in [0.3, 0.4) is 0 Å². The zero-order valence-electron chi connectivity index (χ0n) is 13.2. The smallest absolute Gasteiger partial charge is 0.0443 e. The molecule has 0 spiro atoms. The molecule has 2 N–H and O–H groups in total. The van der Waals surface area contributed by atoms with E-state index < -0.39 is 0 Å². The summed E-state index contributed by atoms with van der Waals surface area (Å²) in [7, 11) is 0. The molecular weight excluding hydrogens is 236 g/mol. The molecule has 1 fully saturated rings. The number of nitrogens with one attached hydrogen (secondary N) is 1. The van der Waals surface area contributed by atoms with Gasteiger partial charge in [-0.15, -0.1) is 0 Å². The van der Waals surface area contributed by atoms with Crippen molar-refractivity contribution >= 4 is 0 Å². The summed E-state index contributed by atoms with van der Waals surface area (Å²) in [5, 5.41) is 12.7. The van der Waals surface area contributed by atoms with Gasteiger partial charge in [0.05, 0.1) is 0 Å². The van der Waals surface area contributed by atoms with Crippen LogP contribution in [-0.4, -0.2) is 48.8 Å². The maximum atomic E-state index is 9.06. The zero-order chi connectivity index (χ0) is 14.1. The van der Waals surface area contributed by atoms with Crippen LogP contribution >= 0.6 is 0 Å². The van der Waals surface area contributed by atoms with Gasteiger partial charge in [0, 0.05) is 32.3 Å². The van der Waals surface area contributed by atoms with Gasteiger partial charge in [-0.25, -0.2) is 0 Å². The highest BCUT2D eigenvalue weighted by atomic mass is 16.3. The third-order valence-electron chi connectivity index (χ3n) is 4.46. The van der Waals surface area contributed by atoms with Crippen molar-refractivity contribution in [1.82, 2.24) is 10.2 Å². The normalized spacial score (nSPS) is 18.6. The second-order valence-corrected chi connectivity index (χ2v) is 6.53. The first-order valence-corrected chi connectivity index (χ1v) is 8.19. The second kappa shape index (κ2) is 8.93. The number of rotatable bonds is 10. The van der Waals surface area contributed by atoms with Crippen LogP contribution in [0.5, 0.6) is 0 Å². The van der Waals surface area contributed by atoms with E-state index in [-0.39, 0.29) is 0 Å². The van der Waals surface area contributed by atoms with Gasteiger partial charge in [0.2, 0.25) is 0 Å². The quantitative estimate of drug-likeness (QED) is 0.599. The third kappa shape index (κ3) is 5.80. The molecule has 0 radical (unpaired) electrons. The molecule has 0 atom stereocenters.